The number of pyridine rings is 1. The highest BCUT2D eigenvalue weighted by atomic mass is 19.4. The van der Waals surface area contributed by atoms with Crippen LogP contribution in [-0.2, 0) is 6.18 Å². The third-order valence-corrected chi connectivity index (χ3v) is 8.46. The summed E-state index contributed by atoms with van der Waals surface area (Å²) in [6, 6.07) is 14.4. The van der Waals surface area contributed by atoms with E-state index in [4.69, 9.17) is 4.52 Å². The molecule has 38 heavy (non-hydrogen) atoms. The number of alkyl halides is 3. The summed E-state index contributed by atoms with van der Waals surface area (Å²) >= 11 is 0. The van der Waals surface area contributed by atoms with Gasteiger partial charge in [0.05, 0.1) is 5.56 Å². The number of aryl methyl sites for hydroxylation is 1. The summed E-state index contributed by atoms with van der Waals surface area (Å²) in [6.45, 7) is 3.89. The van der Waals surface area contributed by atoms with Crippen LogP contribution in [0.1, 0.15) is 60.6 Å². The summed E-state index contributed by atoms with van der Waals surface area (Å²) in [6.07, 6.45) is 4.66. The Morgan fingerprint density at radius 1 is 1.00 bits per heavy atom. The van der Waals surface area contributed by atoms with Crippen LogP contribution in [0.2, 0.25) is 0 Å². The highest BCUT2D eigenvalue weighted by molar-refractivity contribution is 5.86. The van der Waals surface area contributed by atoms with Gasteiger partial charge in [-0.3, -0.25) is 4.98 Å². The fourth-order valence-electron chi connectivity index (χ4n) is 6.21. The van der Waals surface area contributed by atoms with Crippen LogP contribution in [0.4, 0.5) is 18.9 Å². The number of rotatable bonds is 4. The van der Waals surface area contributed by atoms with Crippen LogP contribution in [0.3, 0.4) is 0 Å². The Kier molecular flexibility index (Phi) is 5.23. The van der Waals surface area contributed by atoms with Crippen LogP contribution in [0.25, 0.3) is 27.6 Å². The molecule has 2 aromatic carbocycles. The van der Waals surface area contributed by atoms with Crippen LogP contribution in [0.5, 0.6) is 0 Å². The zero-order chi connectivity index (χ0) is 26.1. The molecule has 0 atom stereocenters. The SMILES string of the molecule is Cc1cc2ccc(N3CCC4(C=C(c5c(-c6ccccc6C(F)(F)F)noc5C5CC5)C4)CC3)cc2cn1. The minimum absolute atomic E-state index is 0.0836. The van der Waals surface area contributed by atoms with Crippen LogP contribution < -0.4 is 4.90 Å². The van der Waals surface area contributed by atoms with Crippen molar-refractivity contribution in [3.63, 3.8) is 0 Å². The first-order valence-electron chi connectivity index (χ1n) is 13.3. The van der Waals surface area contributed by atoms with Crippen molar-refractivity contribution in [1.82, 2.24) is 10.1 Å². The van der Waals surface area contributed by atoms with Gasteiger partial charge in [-0.15, -0.1) is 0 Å². The van der Waals surface area contributed by atoms with E-state index in [1.807, 2.05) is 13.1 Å². The number of hydrogen-bond donors (Lipinski definition) is 0. The third kappa shape index (κ3) is 3.99. The van der Waals surface area contributed by atoms with Gasteiger partial charge in [0.25, 0.3) is 0 Å². The van der Waals surface area contributed by atoms with Gasteiger partial charge in [0, 0.05) is 53.1 Å². The van der Waals surface area contributed by atoms with E-state index in [0.717, 1.165) is 79.2 Å². The molecule has 3 aliphatic rings. The molecule has 0 N–H and O–H groups in total. The number of benzene rings is 2. The van der Waals surface area contributed by atoms with Crippen molar-refractivity contribution in [3.8, 4) is 11.3 Å². The second kappa shape index (κ2) is 8.45. The summed E-state index contributed by atoms with van der Waals surface area (Å²) in [5, 5.41) is 6.55. The fourth-order valence-corrected chi connectivity index (χ4v) is 6.21. The van der Waals surface area contributed by atoms with Crippen LogP contribution in [-0.4, -0.2) is 23.2 Å². The second-order valence-corrected chi connectivity index (χ2v) is 11.1. The third-order valence-electron chi connectivity index (χ3n) is 8.46. The molecule has 3 heterocycles. The topological polar surface area (TPSA) is 42.2 Å². The van der Waals surface area contributed by atoms with Crippen LogP contribution in [0.15, 0.2) is 65.3 Å². The van der Waals surface area contributed by atoms with Gasteiger partial charge in [0.15, 0.2) is 0 Å². The van der Waals surface area contributed by atoms with Gasteiger partial charge in [-0.05, 0) is 79.7 Å². The minimum Gasteiger partial charge on any atom is -0.371 e. The molecule has 2 fully saturated rings. The fraction of sp³-hybridized carbons (Fsp3) is 0.355. The molecular formula is C31H28F3N3O. The number of piperidine rings is 1. The quantitative estimate of drug-likeness (QED) is 0.275. The smallest absolute Gasteiger partial charge is 0.371 e. The van der Waals surface area contributed by atoms with Crippen LogP contribution in [0, 0.1) is 12.3 Å². The van der Waals surface area contributed by atoms with Crippen molar-refractivity contribution >= 4 is 22.0 Å². The highest BCUT2D eigenvalue weighted by Gasteiger charge is 2.44. The molecule has 7 rings (SSSR count). The maximum atomic E-state index is 13.8. The largest absolute Gasteiger partial charge is 0.417 e. The highest BCUT2D eigenvalue weighted by Crippen LogP contribution is 2.56. The molecule has 4 nitrogen and oxygen atoms in total. The van der Waals surface area contributed by atoms with Gasteiger partial charge in [-0.2, -0.15) is 13.2 Å². The molecule has 7 heteroatoms. The van der Waals surface area contributed by atoms with Gasteiger partial charge in [-0.1, -0.05) is 35.5 Å². The van der Waals surface area contributed by atoms with E-state index in [1.165, 1.54) is 23.2 Å². The number of nitrogens with zero attached hydrogens (tertiary/aromatic N) is 3. The molecule has 0 unspecified atom stereocenters. The van der Waals surface area contributed by atoms with E-state index < -0.39 is 11.7 Å². The Balaban J connectivity index is 1.15. The van der Waals surface area contributed by atoms with Crippen molar-refractivity contribution < 1.29 is 17.7 Å². The molecule has 2 aromatic heterocycles. The molecule has 0 bridgehead atoms. The van der Waals surface area contributed by atoms with Crippen molar-refractivity contribution in [3.05, 3.63) is 83.4 Å². The van der Waals surface area contributed by atoms with Gasteiger partial charge in [0.2, 0.25) is 0 Å². The van der Waals surface area contributed by atoms with Crippen molar-refractivity contribution in [2.45, 2.75) is 51.1 Å². The van der Waals surface area contributed by atoms with Gasteiger partial charge < -0.3 is 9.42 Å². The van der Waals surface area contributed by atoms with E-state index in [9.17, 15) is 13.2 Å². The average molecular weight is 516 g/mol. The molecule has 194 valence electrons. The van der Waals surface area contributed by atoms with E-state index in [0.29, 0.717) is 5.69 Å². The molecule has 1 spiro atoms. The number of halogens is 3. The summed E-state index contributed by atoms with van der Waals surface area (Å²) in [5.41, 5.74) is 3.96. The minimum atomic E-state index is -4.45. The predicted octanol–water partition coefficient (Wildman–Crippen LogP) is 8.17. The number of hydrogen-bond acceptors (Lipinski definition) is 4. The zero-order valence-electron chi connectivity index (χ0n) is 21.2. The zero-order valence-corrected chi connectivity index (χ0v) is 21.2. The Labute approximate surface area is 219 Å². The molecule has 1 saturated carbocycles. The molecule has 0 radical (unpaired) electrons. The van der Waals surface area contributed by atoms with Gasteiger partial charge in [0.1, 0.15) is 11.5 Å². The van der Waals surface area contributed by atoms with E-state index in [2.05, 4.69) is 45.4 Å². The van der Waals surface area contributed by atoms with Gasteiger partial charge >= 0.3 is 6.18 Å². The molecule has 0 amide bonds. The molecule has 1 saturated heterocycles. The lowest BCUT2D eigenvalue weighted by Crippen LogP contribution is -2.42. The van der Waals surface area contributed by atoms with Crippen molar-refractivity contribution in [2.24, 2.45) is 5.41 Å². The summed E-state index contributed by atoms with van der Waals surface area (Å²) in [5.74, 6) is 1.02. The van der Waals surface area contributed by atoms with Gasteiger partial charge in [-0.25, -0.2) is 0 Å². The summed E-state index contributed by atoms with van der Waals surface area (Å²) in [7, 11) is 0. The standard InChI is InChI=1S/C31H28F3N3O/c1-19-14-21-8-9-24(15-22(21)18-35-19)37-12-10-30(11-13-37)16-23(17-30)27-28(36-38-29(27)20-6-7-20)25-4-2-3-5-26(25)31(32,33)34/h2-5,8-9,14-16,18,20H,6-7,10-13,17H2,1H3. The van der Waals surface area contributed by atoms with Crippen LogP contribution >= 0.6 is 0 Å². The summed E-state index contributed by atoms with van der Waals surface area (Å²) < 4.78 is 47.2. The lowest BCUT2D eigenvalue weighted by atomic mass is 9.63. The molecule has 1 aliphatic heterocycles. The second-order valence-electron chi connectivity index (χ2n) is 11.1. The lowest BCUT2D eigenvalue weighted by Gasteiger charge is -2.47. The van der Waals surface area contributed by atoms with E-state index >= 15 is 0 Å². The maximum absolute atomic E-state index is 13.8. The lowest BCUT2D eigenvalue weighted by molar-refractivity contribution is -0.137. The Hall–Kier alpha value is -3.61. The van der Waals surface area contributed by atoms with E-state index in [-0.39, 0.29) is 16.9 Å². The molecular weight excluding hydrogens is 487 g/mol. The normalized spacial score (nSPS) is 19.1. The van der Waals surface area contributed by atoms with E-state index in [1.54, 1.807) is 6.07 Å². The Morgan fingerprint density at radius 3 is 2.50 bits per heavy atom. The summed E-state index contributed by atoms with van der Waals surface area (Å²) in [4.78, 5) is 6.87. The first kappa shape index (κ1) is 23.5. The molecule has 2 aliphatic carbocycles. The Morgan fingerprint density at radius 2 is 1.76 bits per heavy atom. The predicted molar refractivity (Wildman–Crippen MR) is 142 cm³/mol. The van der Waals surface area contributed by atoms with Crippen molar-refractivity contribution in [2.75, 3.05) is 18.0 Å². The monoisotopic (exact) mass is 515 g/mol. The maximum Gasteiger partial charge on any atom is 0.417 e. The number of anilines is 1. The average Bonchev–Trinajstić information content (AvgIpc) is 3.65. The number of allylic oxidation sites excluding steroid dienone is 2. The number of fused-ring (bicyclic) bond motifs is 1. The molecule has 4 aromatic rings. The first-order valence-corrected chi connectivity index (χ1v) is 13.3. The van der Waals surface area contributed by atoms with Crippen molar-refractivity contribution in [1.29, 1.82) is 0 Å². The first-order chi connectivity index (χ1) is 18.3. The Bertz CT molecular complexity index is 1570. The number of aromatic nitrogens is 2.